The molecule has 1 amide bonds. The van der Waals surface area contributed by atoms with Crippen LogP contribution in [0.4, 0.5) is 0 Å². The van der Waals surface area contributed by atoms with Crippen molar-refractivity contribution < 1.29 is 4.79 Å². The van der Waals surface area contributed by atoms with Crippen LogP contribution in [0.1, 0.15) is 33.8 Å². The molecule has 3 aromatic carbocycles. The second-order valence-corrected chi connectivity index (χ2v) is 8.18. The normalized spacial score (nSPS) is 10.9. The fourth-order valence-electron chi connectivity index (χ4n) is 4.19. The first-order chi connectivity index (χ1) is 17.3. The lowest BCUT2D eigenvalue weighted by molar-refractivity contribution is 0.0953. The van der Waals surface area contributed by atoms with Gasteiger partial charge in [-0.3, -0.25) is 9.78 Å². The highest BCUT2D eigenvalue weighted by atomic mass is 16.1. The van der Waals surface area contributed by atoms with Gasteiger partial charge in [0, 0.05) is 30.4 Å². The minimum absolute atomic E-state index is 0.143. The predicted octanol–water partition coefficient (Wildman–Crippen LogP) is 4.68. The minimum atomic E-state index is -0.143. The van der Waals surface area contributed by atoms with E-state index in [1.54, 1.807) is 23.1 Å². The van der Waals surface area contributed by atoms with Crippen molar-refractivity contribution in [3.63, 3.8) is 0 Å². The minimum Gasteiger partial charge on any atom is -0.352 e. The van der Waals surface area contributed by atoms with Crippen molar-refractivity contribution in [2.75, 3.05) is 6.54 Å². The molecule has 0 aliphatic rings. The smallest absolute Gasteiger partial charge is 0.251 e. The summed E-state index contributed by atoms with van der Waals surface area (Å²) in [5, 5.41) is 14.5. The maximum absolute atomic E-state index is 13.2. The molecule has 172 valence electrons. The maximum Gasteiger partial charge on any atom is 0.251 e. The van der Waals surface area contributed by atoms with Gasteiger partial charge < -0.3 is 5.32 Å². The van der Waals surface area contributed by atoms with Gasteiger partial charge in [-0.1, -0.05) is 60.7 Å². The Morgan fingerprint density at radius 1 is 0.829 bits per heavy atom. The first-order valence-corrected chi connectivity index (χ1v) is 11.4. The zero-order valence-corrected chi connectivity index (χ0v) is 19.0. The number of nitrogens with zero attached hydrogens (tertiary/aromatic N) is 5. The largest absolute Gasteiger partial charge is 0.352 e. The van der Waals surface area contributed by atoms with Crippen molar-refractivity contribution in [3.05, 3.63) is 126 Å². The van der Waals surface area contributed by atoms with E-state index in [2.05, 4.69) is 74.4 Å². The zero-order valence-electron chi connectivity index (χ0n) is 19.0. The van der Waals surface area contributed by atoms with Crippen molar-refractivity contribution >= 4 is 5.91 Å². The standard InChI is InChI=1S/C28H24N6O/c35-28(30-16-13-27(22-7-3-1-4-8-22)23-9-5-2-6-10-23)25-17-24(21-11-14-29-15-12-21)18-26(19-25)34-20-31-32-33-34/h1-12,14-15,17-20,27H,13,16H2,(H,30,35). The first-order valence-electron chi connectivity index (χ1n) is 11.4. The molecule has 0 unspecified atom stereocenters. The molecule has 7 nitrogen and oxygen atoms in total. The molecule has 35 heavy (non-hydrogen) atoms. The number of amides is 1. The van der Waals surface area contributed by atoms with Crippen LogP contribution in [0.2, 0.25) is 0 Å². The average Bonchev–Trinajstić information content (AvgIpc) is 3.48. The molecule has 0 aliphatic heterocycles. The Hall–Kier alpha value is -4.65. The van der Waals surface area contributed by atoms with Gasteiger partial charge in [0.1, 0.15) is 6.33 Å². The van der Waals surface area contributed by atoms with E-state index >= 15 is 0 Å². The summed E-state index contributed by atoms with van der Waals surface area (Å²) in [6.07, 6.45) is 5.75. The zero-order chi connectivity index (χ0) is 23.9. The van der Waals surface area contributed by atoms with Gasteiger partial charge in [-0.15, -0.1) is 5.10 Å². The Balaban J connectivity index is 1.37. The summed E-state index contributed by atoms with van der Waals surface area (Å²) < 4.78 is 1.54. The monoisotopic (exact) mass is 460 g/mol. The Labute approximate surface area is 203 Å². The van der Waals surface area contributed by atoms with Gasteiger partial charge in [-0.05, 0) is 69.4 Å². The molecule has 0 spiro atoms. The molecule has 0 bridgehead atoms. The molecule has 0 atom stereocenters. The van der Waals surface area contributed by atoms with Crippen LogP contribution in [0, 0.1) is 0 Å². The average molecular weight is 461 g/mol. The number of rotatable bonds is 8. The lowest BCUT2D eigenvalue weighted by Crippen LogP contribution is -2.26. The Bertz CT molecular complexity index is 1330. The second-order valence-electron chi connectivity index (χ2n) is 8.18. The van der Waals surface area contributed by atoms with Crippen LogP contribution >= 0.6 is 0 Å². The number of aromatic nitrogens is 5. The van der Waals surface area contributed by atoms with Gasteiger partial charge >= 0.3 is 0 Å². The lowest BCUT2D eigenvalue weighted by atomic mass is 9.88. The van der Waals surface area contributed by atoms with Crippen molar-refractivity contribution in [1.29, 1.82) is 0 Å². The summed E-state index contributed by atoms with van der Waals surface area (Å²) in [4.78, 5) is 17.3. The molecule has 2 heterocycles. The number of benzene rings is 3. The number of pyridine rings is 1. The fraction of sp³-hybridized carbons (Fsp3) is 0.107. The van der Waals surface area contributed by atoms with E-state index < -0.39 is 0 Å². The number of carbonyl (C=O) groups excluding carboxylic acids is 1. The summed E-state index contributed by atoms with van der Waals surface area (Å²) >= 11 is 0. The molecule has 0 radical (unpaired) electrons. The van der Waals surface area contributed by atoms with Gasteiger partial charge in [0.05, 0.1) is 5.69 Å². The lowest BCUT2D eigenvalue weighted by Gasteiger charge is -2.18. The number of hydrogen-bond donors (Lipinski definition) is 1. The summed E-state index contributed by atoms with van der Waals surface area (Å²) in [6, 6.07) is 30.2. The summed E-state index contributed by atoms with van der Waals surface area (Å²) in [5.41, 5.74) is 5.55. The van der Waals surface area contributed by atoms with Gasteiger partial charge in [-0.25, -0.2) is 4.68 Å². The van der Waals surface area contributed by atoms with Gasteiger partial charge in [0.15, 0.2) is 0 Å². The highest BCUT2D eigenvalue weighted by Gasteiger charge is 2.16. The second kappa shape index (κ2) is 10.5. The topological polar surface area (TPSA) is 85.6 Å². The van der Waals surface area contributed by atoms with Crippen LogP contribution in [0.5, 0.6) is 0 Å². The molecule has 5 aromatic rings. The molecule has 1 N–H and O–H groups in total. The van der Waals surface area contributed by atoms with Crippen molar-refractivity contribution in [3.8, 4) is 16.8 Å². The summed E-state index contributed by atoms with van der Waals surface area (Å²) in [6.45, 7) is 0.535. The Morgan fingerprint density at radius 3 is 2.14 bits per heavy atom. The van der Waals surface area contributed by atoms with E-state index in [-0.39, 0.29) is 11.8 Å². The molecular formula is C28H24N6O. The number of hydrogen-bond acceptors (Lipinski definition) is 5. The molecule has 2 aromatic heterocycles. The van der Waals surface area contributed by atoms with E-state index in [4.69, 9.17) is 0 Å². The van der Waals surface area contributed by atoms with Crippen LogP contribution in [-0.2, 0) is 0 Å². The third-order valence-electron chi connectivity index (χ3n) is 5.93. The Morgan fingerprint density at radius 2 is 1.51 bits per heavy atom. The first kappa shape index (κ1) is 22.2. The molecule has 0 saturated heterocycles. The van der Waals surface area contributed by atoms with Crippen LogP contribution in [-0.4, -0.2) is 37.6 Å². The highest BCUT2D eigenvalue weighted by molar-refractivity contribution is 5.96. The predicted molar refractivity (Wildman–Crippen MR) is 134 cm³/mol. The van der Waals surface area contributed by atoms with Crippen molar-refractivity contribution in [2.24, 2.45) is 0 Å². The maximum atomic E-state index is 13.2. The Kier molecular flexibility index (Phi) is 6.66. The van der Waals surface area contributed by atoms with E-state index in [1.807, 2.05) is 36.4 Å². The van der Waals surface area contributed by atoms with E-state index in [0.717, 1.165) is 17.5 Å². The molecule has 7 heteroatoms. The van der Waals surface area contributed by atoms with Crippen molar-refractivity contribution in [2.45, 2.75) is 12.3 Å². The number of carbonyl (C=O) groups is 1. The third-order valence-corrected chi connectivity index (χ3v) is 5.93. The summed E-state index contributed by atoms with van der Waals surface area (Å²) in [7, 11) is 0. The van der Waals surface area contributed by atoms with Crippen LogP contribution in [0.15, 0.2) is 110 Å². The molecule has 0 saturated carbocycles. The SMILES string of the molecule is O=C(NCCC(c1ccccc1)c1ccccc1)c1cc(-c2ccncc2)cc(-n2cnnn2)c1. The van der Waals surface area contributed by atoms with Crippen molar-refractivity contribution in [1.82, 2.24) is 30.5 Å². The van der Waals surface area contributed by atoms with E-state index in [9.17, 15) is 4.79 Å². The molecule has 5 rings (SSSR count). The number of tetrazole rings is 1. The fourth-order valence-corrected chi connectivity index (χ4v) is 4.19. The van der Waals surface area contributed by atoms with Crippen LogP contribution in [0.3, 0.4) is 0 Å². The highest BCUT2D eigenvalue weighted by Crippen LogP contribution is 2.28. The van der Waals surface area contributed by atoms with Gasteiger partial charge in [0.25, 0.3) is 5.91 Å². The third kappa shape index (κ3) is 5.30. The van der Waals surface area contributed by atoms with E-state index in [1.165, 1.54) is 17.5 Å². The van der Waals surface area contributed by atoms with Gasteiger partial charge in [-0.2, -0.15) is 0 Å². The van der Waals surface area contributed by atoms with Gasteiger partial charge in [0.2, 0.25) is 0 Å². The quantitative estimate of drug-likeness (QED) is 0.364. The number of nitrogens with one attached hydrogen (secondary N) is 1. The molecule has 0 aliphatic carbocycles. The van der Waals surface area contributed by atoms with Crippen LogP contribution < -0.4 is 5.32 Å². The van der Waals surface area contributed by atoms with E-state index in [0.29, 0.717) is 17.8 Å². The molecule has 0 fully saturated rings. The van der Waals surface area contributed by atoms with Crippen LogP contribution in [0.25, 0.3) is 16.8 Å². The summed E-state index contributed by atoms with van der Waals surface area (Å²) in [5.74, 6) is 0.0488. The molecular weight excluding hydrogens is 436 g/mol.